The summed E-state index contributed by atoms with van der Waals surface area (Å²) < 4.78 is 7.69. The third kappa shape index (κ3) is 3.75. The second kappa shape index (κ2) is 8.78. The van der Waals surface area contributed by atoms with Crippen molar-refractivity contribution in [3.63, 3.8) is 0 Å². The third-order valence-electron chi connectivity index (χ3n) is 6.33. The van der Waals surface area contributed by atoms with Crippen molar-refractivity contribution >= 4 is 38.9 Å². The number of ether oxygens (including phenoxy) is 1. The molecule has 1 fully saturated rings. The van der Waals surface area contributed by atoms with Gasteiger partial charge in [-0.2, -0.15) is 5.10 Å². The number of hydrogen-bond acceptors (Lipinski definition) is 7. The zero-order valence-electron chi connectivity index (χ0n) is 19.7. The summed E-state index contributed by atoms with van der Waals surface area (Å²) in [6, 6.07) is 9.73. The summed E-state index contributed by atoms with van der Waals surface area (Å²) in [5.74, 6) is 1.57. The first-order valence-electron chi connectivity index (χ1n) is 11.5. The Labute approximate surface area is 198 Å². The maximum atomic E-state index is 10.3. The molecule has 8 nitrogen and oxygen atoms in total. The van der Waals surface area contributed by atoms with Crippen LogP contribution in [0.1, 0.15) is 37.9 Å². The highest BCUT2D eigenvalue weighted by Crippen LogP contribution is 2.38. The van der Waals surface area contributed by atoms with Crippen LogP contribution in [0.25, 0.3) is 27.4 Å². The highest BCUT2D eigenvalue weighted by atomic mass is 16.5. The summed E-state index contributed by atoms with van der Waals surface area (Å²) in [5.41, 5.74) is 4.03. The molecule has 3 aromatic heterocycles. The van der Waals surface area contributed by atoms with Gasteiger partial charge in [-0.25, -0.2) is 4.98 Å². The maximum absolute atomic E-state index is 10.3. The molecule has 4 heterocycles. The fourth-order valence-corrected chi connectivity index (χ4v) is 4.83. The zero-order chi connectivity index (χ0) is 23.8. The SMILES string of the molecule is COc1cc2c(cc1/C(C(C)=N)=C(\C)O)nc(N1CCCC1)c1cnn(Cc3ccccn3)c12. The van der Waals surface area contributed by atoms with Gasteiger partial charge in [-0.15, -0.1) is 0 Å². The number of nitrogens with zero attached hydrogens (tertiary/aromatic N) is 5. The molecule has 0 spiro atoms. The van der Waals surface area contributed by atoms with Crippen LogP contribution in [0, 0.1) is 5.41 Å². The van der Waals surface area contributed by atoms with Crippen molar-refractivity contribution in [3.05, 3.63) is 59.7 Å². The molecule has 34 heavy (non-hydrogen) atoms. The van der Waals surface area contributed by atoms with Gasteiger partial charge in [0.05, 0.1) is 47.7 Å². The largest absolute Gasteiger partial charge is 0.512 e. The zero-order valence-corrected chi connectivity index (χ0v) is 19.7. The number of benzene rings is 1. The van der Waals surface area contributed by atoms with E-state index in [1.54, 1.807) is 27.2 Å². The van der Waals surface area contributed by atoms with Gasteiger partial charge >= 0.3 is 0 Å². The average Bonchev–Trinajstić information content (AvgIpc) is 3.49. The topological polar surface area (TPSA) is 100 Å². The Morgan fingerprint density at radius 3 is 2.59 bits per heavy atom. The van der Waals surface area contributed by atoms with E-state index >= 15 is 0 Å². The number of hydrogen-bond donors (Lipinski definition) is 2. The molecule has 5 rings (SSSR count). The number of fused-ring (bicyclic) bond motifs is 3. The monoisotopic (exact) mass is 456 g/mol. The van der Waals surface area contributed by atoms with Crippen LogP contribution in [0.3, 0.4) is 0 Å². The highest BCUT2D eigenvalue weighted by molar-refractivity contribution is 6.23. The van der Waals surface area contributed by atoms with Crippen molar-refractivity contribution in [1.29, 1.82) is 5.41 Å². The molecule has 1 aliphatic heterocycles. The van der Waals surface area contributed by atoms with Crippen LogP contribution in [0.15, 0.2) is 48.5 Å². The minimum atomic E-state index is 0.0752. The van der Waals surface area contributed by atoms with Gasteiger partial charge in [-0.05, 0) is 51.0 Å². The fraction of sp³-hybridized carbons (Fsp3) is 0.308. The van der Waals surface area contributed by atoms with Gasteiger partial charge in [-0.3, -0.25) is 9.67 Å². The first-order valence-corrected chi connectivity index (χ1v) is 11.5. The molecule has 0 amide bonds. The quantitative estimate of drug-likeness (QED) is 0.314. The number of aliphatic hydroxyl groups is 1. The second-order valence-corrected chi connectivity index (χ2v) is 8.67. The Hall–Kier alpha value is -3.94. The van der Waals surface area contributed by atoms with E-state index in [9.17, 15) is 5.11 Å². The van der Waals surface area contributed by atoms with Crippen molar-refractivity contribution in [2.24, 2.45) is 0 Å². The number of anilines is 1. The normalized spacial score (nSPS) is 14.6. The summed E-state index contributed by atoms with van der Waals surface area (Å²) >= 11 is 0. The molecule has 0 saturated carbocycles. The molecule has 0 bridgehead atoms. The smallest absolute Gasteiger partial charge is 0.140 e. The van der Waals surface area contributed by atoms with Crippen molar-refractivity contribution < 1.29 is 9.84 Å². The van der Waals surface area contributed by atoms with Crippen LogP contribution in [0.5, 0.6) is 5.75 Å². The predicted octanol–water partition coefficient (Wildman–Crippen LogP) is 4.97. The molecule has 0 atom stereocenters. The van der Waals surface area contributed by atoms with Gasteiger partial charge in [0.1, 0.15) is 11.6 Å². The van der Waals surface area contributed by atoms with Crippen LogP contribution in [0.2, 0.25) is 0 Å². The van der Waals surface area contributed by atoms with Gasteiger partial charge in [0.25, 0.3) is 0 Å². The molecule has 2 N–H and O–H groups in total. The lowest BCUT2D eigenvalue weighted by atomic mass is 9.97. The molecule has 0 unspecified atom stereocenters. The van der Waals surface area contributed by atoms with E-state index < -0.39 is 0 Å². The van der Waals surface area contributed by atoms with Gasteiger partial charge in [0.2, 0.25) is 0 Å². The molecular weight excluding hydrogens is 428 g/mol. The van der Waals surface area contributed by atoms with E-state index in [2.05, 4.69) is 9.88 Å². The van der Waals surface area contributed by atoms with E-state index in [1.807, 2.05) is 41.2 Å². The van der Waals surface area contributed by atoms with Gasteiger partial charge in [0.15, 0.2) is 0 Å². The van der Waals surface area contributed by atoms with E-state index in [-0.39, 0.29) is 11.5 Å². The number of methoxy groups -OCH3 is 1. The van der Waals surface area contributed by atoms with Gasteiger partial charge < -0.3 is 20.2 Å². The predicted molar refractivity (Wildman–Crippen MR) is 135 cm³/mol. The number of rotatable bonds is 6. The Balaban J connectivity index is 1.81. The Bertz CT molecular complexity index is 1410. The molecule has 174 valence electrons. The third-order valence-corrected chi connectivity index (χ3v) is 6.33. The first-order chi connectivity index (χ1) is 16.5. The maximum Gasteiger partial charge on any atom is 0.140 e. The highest BCUT2D eigenvalue weighted by Gasteiger charge is 2.23. The Morgan fingerprint density at radius 1 is 1.15 bits per heavy atom. The molecule has 0 radical (unpaired) electrons. The van der Waals surface area contributed by atoms with Crippen LogP contribution in [-0.2, 0) is 6.54 Å². The number of nitrogens with one attached hydrogen (secondary N) is 1. The van der Waals surface area contributed by atoms with Crippen LogP contribution >= 0.6 is 0 Å². The fourth-order valence-electron chi connectivity index (χ4n) is 4.83. The number of pyridine rings is 2. The van der Waals surface area contributed by atoms with Crippen LogP contribution in [0.4, 0.5) is 5.82 Å². The van der Waals surface area contributed by atoms with Gasteiger partial charge in [-0.1, -0.05) is 6.07 Å². The molecule has 1 aliphatic rings. The van der Waals surface area contributed by atoms with E-state index in [1.165, 1.54) is 0 Å². The molecular formula is C26H28N6O2. The second-order valence-electron chi connectivity index (χ2n) is 8.67. The summed E-state index contributed by atoms with van der Waals surface area (Å²) in [5, 5.41) is 25.2. The molecule has 8 heteroatoms. The molecule has 1 aromatic carbocycles. The minimum Gasteiger partial charge on any atom is -0.512 e. The number of allylic oxidation sites excluding steroid dienone is 2. The summed E-state index contributed by atoms with van der Waals surface area (Å²) in [6.07, 6.45) is 5.96. The van der Waals surface area contributed by atoms with Crippen LogP contribution in [-0.4, -0.2) is 50.8 Å². The average molecular weight is 457 g/mol. The Kier molecular flexibility index (Phi) is 5.65. The van der Waals surface area contributed by atoms with Gasteiger partial charge in [0, 0.05) is 41.5 Å². The minimum absolute atomic E-state index is 0.0752. The Morgan fingerprint density at radius 2 is 1.94 bits per heavy atom. The van der Waals surface area contributed by atoms with Crippen molar-refractivity contribution in [1.82, 2.24) is 19.7 Å². The summed E-state index contributed by atoms with van der Waals surface area (Å²) in [6.45, 7) is 5.71. The number of aliphatic hydroxyl groups excluding tert-OH is 1. The van der Waals surface area contributed by atoms with Crippen molar-refractivity contribution in [3.8, 4) is 5.75 Å². The summed E-state index contributed by atoms with van der Waals surface area (Å²) in [4.78, 5) is 11.9. The first kappa shape index (κ1) is 21.9. The van der Waals surface area contributed by atoms with E-state index in [0.29, 0.717) is 23.4 Å². The summed E-state index contributed by atoms with van der Waals surface area (Å²) in [7, 11) is 1.60. The lowest BCUT2D eigenvalue weighted by Crippen LogP contribution is -2.19. The van der Waals surface area contributed by atoms with E-state index in [0.717, 1.165) is 59.2 Å². The lowest BCUT2D eigenvalue weighted by Gasteiger charge is -2.20. The van der Waals surface area contributed by atoms with Crippen LogP contribution < -0.4 is 9.64 Å². The van der Waals surface area contributed by atoms with E-state index in [4.69, 9.17) is 20.2 Å². The number of aromatic nitrogens is 4. The molecule has 1 saturated heterocycles. The lowest BCUT2D eigenvalue weighted by molar-refractivity contribution is 0.409. The van der Waals surface area contributed by atoms with Crippen molar-refractivity contribution in [2.45, 2.75) is 33.2 Å². The van der Waals surface area contributed by atoms with Crippen molar-refractivity contribution in [2.75, 3.05) is 25.1 Å². The molecule has 0 aliphatic carbocycles. The standard InChI is InChI=1S/C26H28N6O2/c1-16(27)24(17(2)33)20-12-22-19(13-23(20)34-3)25-21(26(30-22)31-10-6-7-11-31)14-29-32(25)15-18-8-4-5-9-28-18/h4-5,8-9,12-14,27,33H,6-7,10-11,15H2,1-3H3/b24-17+,27-16?. The molecule has 4 aromatic rings.